The highest BCUT2D eigenvalue weighted by Crippen LogP contribution is 2.27. The van der Waals surface area contributed by atoms with Crippen LogP contribution < -0.4 is 10.1 Å². The molecular formula is C16H15Cl3FNO. The molecule has 22 heavy (non-hydrogen) atoms. The Balaban J connectivity index is 1.66. The van der Waals surface area contributed by atoms with E-state index in [0.717, 1.165) is 25.1 Å². The number of ether oxygens (including phenoxy) is 1. The van der Waals surface area contributed by atoms with E-state index in [2.05, 4.69) is 5.32 Å². The molecule has 2 nitrogen and oxygen atoms in total. The number of benzene rings is 2. The van der Waals surface area contributed by atoms with Crippen LogP contribution in [0.4, 0.5) is 10.1 Å². The number of hydrogen-bond acceptors (Lipinski definition) is 2. The average Bonchev–Trinajstić information content (AvgIpc) is 2.48. The second-order valence-electron chi connectivity index (χ2n) is 4.69. The number of rotatable bonds is 7. The van der Waals surface area contributed by atoms with Crippen molar-refractivity contribution in [2.24, 2.45) is 0 Å². The summed E-state index contributed by atoms with van der Waals surface area (Å²) in [7, 11) is 0. The van der Waals surface area contributed by atoms with Crippen molar-refractivity contribution in [2.75, 3.05) is 18.5 Å². The third-order valence-electron chi connectivity index (χ3n) is 2.97. The molecule has 0 aliphatic carbocycles. The van der Waals surface area contributed by atoms with Crippen molar-refractivity contribution in [1.82, 2.24) is 0 Å². The first-order valence-corrected chi connectivity index (χ1v) is 7.96. The molecule has 0 aliphatic rings. The summed E-state index contributed by atoms with van der Waals surface area (Å²) in [6.45, 7) is 1.31. The van der Waals surface area contributed by atoms with Crippen LogP contribution in [0, 0.1) is 5.82 Å². The van der Waals surface area contributed by atoms with Crippen molar-refractivity contribution >= 4 is 40.5 Å². The van der Waals surface area contributed by atoms with Crippen LogP contribution in [-0.4, -0.2) is 13.2 Å². The Bertz CT molecular complexity index is 637. The first-order valence-electron chi connectivity index (χ1n) is 6.83. The van der Waals surface area contributed by atoms with Gasteiger partial charge in [-0.15, -0.1) is 0 Å². The largest absolute Gasteiger partial charge is 0.492 e. The Kier molecular flexibility index (Phi) is 6.62. The summed E-state index contributed by atoms with van der Waals surface area (Å²) >= 11 is 17.5. The van der Waals surface area contributed by atoms with Gasteiger partial charge in [-0.25, -0.2) is 4.39 Å². The Hall–Kier alpha value is -1.16. The minimum absolute atomic E-state index is 0.116. The van der Waals surface area contributed by atoms with Gasteiger partial charge in [0.25, 0.3) is 0 Å². The van der Waals surface area contributed by atoms with Crippen LogP contribution >= 0.6 is 34.8 Å². The van der Waals surface area contributed by atoms with Crippen molar-refractivity contribution in [3.05, 3.63) is 57.3 Å². The molecule has 0 heterocycles. The Morgan fingerprint density at radius 1 is 0.955 bits per heavy atom. The molecule has 0 atom stereocenters. The monoisotopic (exact) mass is 361 g/mol. The maximum Gasteiger partial charge on any atom is 0.141 e. The van der Waals surface area contributed by atoms with Crippen molar-refractivity contribution < 1.29 is 9.13 Å². The summed E-state index contributed by atoms with van der Waals surface area (Å²) in [5.41, 5.74) is 0.799. The minimum Gasteiger partial charge on any atom is -0.492 e. The van der Waals surface area contributed by atoms with E-state index < -0.39 is 5.82 Å². The molecule has 1 N–H and O–H groups in total. The topological polar surface area (TPSA) is 21.3 Å². The Morgan fingerprint density at radius 3 is 2.50 bits per heavy atom. The molecular weight excluding hydrogens is 348 g/mol. The van der Waals surface area contributed by atoms with E-state index in [1.54, 1.807) is 30.3 Å². The second-order valence-corrected chi connectivity index (χ2v) is 5.94. The number of anilines is 1. The predicted molar refractivity (Wildman–Crippen MR) is 91.1 cm³/mol. The lowest BCUT2D eigenvalue weighted by Crippen LogP contribution is -2.05. The van der Waals surface area contributed by atoms with E-state index in [1.807, 2.05) is 0 Å². The fourth-order valence-electron chi connectivity index (χ4n) is 1.84. The van der Waals surface area contributed by atoms with Gasteiger partial charge in [-0.05, 0) is 49.2 Å². The molecule has 0 fully saturated rings. The van der Waals surface area contributed by atoms with Crippen LogP contribution in [0.15, 0.2) is 36.4 Å². The standard InChI is InChI=1S/C16H15Cl3FNO/c17-11-3-6-16(14(19)9-11)22-8-2-1-7-21-12-4-5-15(20)13(18)10-12/h3-6,9-10,21H,1-2,7-8H2. The summed E-state index contributed by atoms with van der Waals surface area (Å²) in [6, 6.07) is 9.71. The number of unbranched alkanes of at least 4 members (excludes halogenated alkanes) is 1. The van der Waals surface area contributed by atoms with E-state index in [9.17, 15) is 4.39 Å². The van der Waals surface area contributed by atoms with E-state index in [0.29, 0.717) is 22.4 Å². The Labute approximate surface area is 144 Å². The zero-order chi connectivity index (χ0) is 15.9. The molecule has 0 aliphatic heterocycles. The third-order valence-corrected chi connectivity index (χ3v) is 3.79. The quantitative estimate of drug-likeness (QED) is 0.605. The molecule has 0 radical (unpaired) electrons. The lowest BCUT2D eigenvalue weighted by atomic mass is 10.2. The van der Waals surface area contributed by atoms with E-state index in [1.165, 1.54) is 6.07 Å². The molecule has 0 bridgehead atoms. The van der Waals surface area contributed by atoms with Gasteiger partial charge >= 0.3 is 0 Å². The molecule has 0 saturated heterocycles. The molecule has 2 aromatic carbocycles. The second kappa shape index (κ2) is 8.47. The van der Waals surface area contributed by atoms with Crippen molar-refractivity contribution in [2.45, 2.75) is 12.8 Å². The Morgan fingerprint density at radius 2 is 1.77 bits per heavy atom. The molecule has 2 aromatic rings. The molecule has 0 aromatic heterocycles. The number of nitrogens with one attached hydrogen (secondary N) is 1. The van der Waals surface area contributed by atoms with Gasteiger partial charge in [0.15, 0.2) is 0 Å². The minimum atomic E-state index is -0.416. The molecule has 6 heteroatoms. The molecule has 0 amide bonds. The van der Waals surface area contributed by atoms with Crippen molar-refractivity contribution in [1.29, 1.82) is 0 Å². The van der Waals surface area contributed by atoms with Crippen LogP contribution in [0.2, 0.25) is 15.1 Å². The maximum atomic E-state index is 13.0. The van der Waals surface area contributed by atoms with Crippen molar-refractivity contribution in [3.8, 4) is 5.75 Å². The fourth-order valence-corrected chi connectivity index (χ4v) is 2.48. The lowest BCUT2D eigenvalue weighted by molar-refractivity contribution is 0.308. The van der Waals surface area contributed by atoms with Gasteiger partial charge in [0.2, 0.25) is 0 Å². The van der Waals surface area contributed by atoms with Crippen LogP contribution in [-0.2, 0) is 0 Å². The van der Waals surface area contributed by atoms with Gasteiger partial charge in [-0.1, -0.05) is 34.8 Å². The number of hydrogen-bond donors (Lipinski definition) is 1. The summed E-state index contributed by atoms with van der Waals surface area (Å²) in [5, 5.41) is 4.39. The predicted octanol–water partition coefficient (Wildman–Crippen LogP) is 6.06. The fraction of sp³-hybridized carbons (Fsp3) is 0.250. The zero-order valence-corrected chi connectivity index (χ0v) is 14.0. The van der Waals surface area contributed by atoms with Gasteiger partial charge < -0.3 is 10.1 Å². The molecule has 2 rings (SSSR count). The van der Waals surface area contributed by atoms with Crippen LogP contribution in [0.1, 0.15) is 12.8 Å². The van der Waals surface area contributed by atoms with Gasteiger partial charge in [0.1, 0.15) is 11.6 Å². The van der Waals surface area contributed by atoms with Gasteiger partial charge in [0, 0.05) is 17.3 Å². The molecule has 0 unspecified atom stereocenters. The normalized spacial score (nSPS) is 10.5. The summed E-state index contributed by atoms with van der Waals surface area (Å²) in [5.74, 6) is 0.213. The first-order chi connectivity index (χ1) is 10.6. The van der Waals surface area contributed by atoms with Gasteiger partial charge in [-0.2, -0.15) is 0 Å². The summed E-state index contributed by atoms with van der Waals surface area (Å²) in [6.07, 6.45) is 1.76. The van der Waals surface area contributed by atoms with E-state index in [-0.39, 0.29) is 5.02 Å². The molecule has 118 valence electrons. The van der Waals surface area contributed by atoms with Crippen LogP contribution in [0.5, 0.6) is 5.75 Å². The SMILES string of the molecule is Fc1ccc(NCCCCOc2ccc(Cl)cc2Cl)cc1Cl. The highest BCUT2D eigenvalue weighted by Gasteiger charge is 2.02. The molecule has 0 spiro atoms. The van der Waals surface area contributed by atoms with Crippen LogP contribution in [0.3, 0.4) is 0 Å². The molecule has 0 saturated carbocycles. The van der Waals surface area contributed by atoms with E-state index >= 15 is 0 Å². The summed E-state index contributed by atoms with van der Waals surface area (Å²) < 4.78 is 18.6. The highest BCUT2D eigenvalue weighted by molar-refractivity contribution is 6.35. The maximum absolute atomic E-state index is 13.0. The summed E-state index contributed by atoms with van der Waals surface area (Å²) in [4.78, 5) is 0. The first kappa shape index (κ1) is 17.2. The number of halogens is 4. The zero-order valence-electron chi connectivity index (χ0n) is 11.7. The smallest absolute Gasteiger partial charge is 0.141 e. The van der Waals surface area contributed by atoms with E-state index in [4.69, 9.17) is 39.5 Å². The van der Waals surface area contributed by atoms with Crippen molar-refractivity contribution in [3.63, 3.8) is 0 Å². The average molecular weight is 363 g/mol. The lowest BCUT2D eigenvalue weighted by Gasteiger charge is -2.09. The highest BCUT2D eigenvalue weighted by atomic mass is 35.5. The van der Waals surface area contributed by atoms with Crippen LogP contribution in [0.25, 0.3) is 0 Å². The third kappa shape index (κ3) is 5.24. The van der Waals surface area contributed by atoms with Gasteiger partial charge in [-0.3, -0.25) is 0 Å². The van der Waals surface area contributed by atoms with Gasteiger partial charge in [0.05, 0.1) is 16.7 Å².